The fourth-order valence-electron chi connectivity index (χ4n) is 1.82. The number of nitrogens with zero attached hydrogens (tertiary/aromatic N) is 2. The molecule has 0 amide bonds. The number of hydrogen-bond acceptors (Lipinski definition) is 3. The Bertz CT molecular complexity index is 480. The van der Waals surface area contributed by atoms with E-state index in [0.717, 1.165) is 11.3 Å². The maximum Gasteiger partial charge on any atom is 0.115 e. The number of nitrogens with two attached hydrogens (primary N) is 1. The van der Waals surface area contributed by atoms with Crippen molar-refractivity contribution in [3.8, 4) is 0 Å². The van der Waals surface area contributed by atoms with Gasteiger partial charge in [-0.1, -0.05) is 23.8 Å². The quantitative estimate of drug-likeness (QED) is 0.831. The molecule has 1 atom stereocenters. The van der Waals surface area contributed by atoms with Crippen LogP contribution in [0.25, 0.3) is 0 Å². The van der Waals surface area contributed by atoms with Gasteiger partial charge < -0.3 is 5.73 Å². The zero-order valence-electron chi connectivity index (χ0n) is 9.51. The molecule has 0 aliphatic heterocycles. The summed E-state index contributed by atoms with van der Waals surface area (Å²) >= 11 is 0. The highest BCUT2D eigenvalue weighted by Crippen LogP contribution is 2.21. The third-order valence-electron chi connectivity index (χ3n) is 2.68. The van der Waals surface area contributed by atoms with Crippen LogP contribution in [0.5, 0.6) is 0 Å². The van der Waals surface area contributed by atoms with E-state index < -0.39 is 0 Å². The molecule has 0 aliphatic rings. The van der Waals surface area contributed by atoms with E-state index in [1.165, 1.54) is 17.5 Å². The van der Waals surface area contributed by atoms with Gasteiger partial charge in [-0.25, -0.2) is 9.97 Å². The van der Waals surface area contributed by atoms with Gasteiger partial charge in [0.2, 0.25) is 0 Å². The molecule has 1 aromatic carbocycles. The number of rotatable bonds is 2. The SMILES string of the molecule is Cc1ccc(C(N)c2ccncn2)c(C)c1. The third-order valence-corrected chi connectivity index (χ3v) is 2.68. The van der Waals surface area contributed by atoms with Gasteiger partial charge in [0.1, 0.15) is 6.33 Å². The monoisotopic (exact) mass is 213 g/mol. The number of hydrogen-bond donors (Lipinski definition) is 1. The van der Waals surface area contributed by atoms with Crippen molar-refractivity contribution in [1.29, 1.82) is 0 Å². The summed E-state index contributed by atoms with van der Waals surface area (Å²) in [4.78, 5) is 8.07. The van der Waals surface area contributed by atoms with Crippen molar-refractivity contribution < 1.29 is 0 Å². The maximum absolute atomic E-state index is 6.18. The highest BCUT2D eigenvalue weighted by atomic mass is 14.8. The molecule has 1 aromatic heterocycles. The molecular formula is C13H15N3. The van der Waals surface area contributed by atoms with Gasteiger partial charge in [0, 0.05) is 6.20 Å². The fraction of sp³-hybridized carbons (Fsp3) is 0.231. The van der Waals surface area contributed by atoms with E-state index in [4.69, 9.17) is 5.73 Å². The van der Waals surface area contributed by atoms with Crippen molar-refractivity contribution >= 4 is 0 Å². The van der Waals surface area contributed by atoms with E-state index in [-0.39, 0.29) is 6.04 Å². The van der Waals surface area contributed by atoms with Gasteiger partial charge in [0.15, 0.2) is 0 Å². The Morgan fingerprint density at radius 1 is 1.19 bits per heavy atom. The molecule has 3 nitrogen and oxygen atoms in total. The highest BCUT2D eigenvalue weighted by molar-refractivity contribution is 5.36. The molecule has 0 saturated carbocycles. The van der Waals surface area contributed by atoms with Crippen LogP contribution >= 0.6 is 0 Å². The topological polar surface area (TPSA) is 51.8 Å². The van der Waals surface area contributed by atoms with E-state index in [9.17, 15) is 0 Å². The van der Waals surface area contributed by atoms with Gasteiger partial charge >= 0.3 is 0 Å². The van der Waals surface area contributed by atoms with Crippen molar-refractivity contribution in [3.63, 3.8) is 0 Å². The molecule has 2 rings (SSSR count). The number of aryl methyl sites for hydroxylation is 2. The summed E-state index contributed by atoms with van der Waals surface area (Å²) in [5, 5.41) is 0. The van der Waals surface area contributed by atoms with Crippen LogP contribution in [-0.4, -0.2) is 9.97 Å². The van der Waals surface area contributed by atoms with Gasteiger partial charge in [0.25, 0.3) is 0 Å². The van der Waals surface area contributed by atoms with Crippen LogP contribution in [0.3, 0.4) is 0 Å². The number of benzene rings is 1. The molecule has 82 valence electrons. The van der Waals surface area contributed by atoms with Crippen molar-refractivity contribution in [2.45, 2.75) is 19.9 Å². The third kappa shape index (κ3) is 2.09. The molecule has 0 aliphatic carbocycles. The molecule has 16 heavy (non-hydrogen) atoms. The summed E-state index contributed by atoms with van der Waals surface area (Å²) in [6.07, 6.45) is 3.24. The van der Waals surface area contributed by atoms with Crippen LogP contribution in [0.2, 0.25) is 0 Å². The van der Waals surface area contributed by atoms with E-state index in [1.807, 2.05) is 6.07 Å². The first-order valence-corrected chi connectivity index (χ1v) is 5.27. The summed E-state index contributed by atoms with van der Waals surface area (Å²) in [7, 11) is 0. The minimum absolute atomic E-state index is 0.177. The van der Waals surface area contributed by atoms with Gasteiger partial charge in [-0.2, -0.15) is 0 Å². The Balaban J connectivity index is 2.38. The van der Waals surface area contributed by atoms with Crippen LogP contribution < -0.4 is 5.73 Å². The standard InChI is InChI=1S/C13H15N3/c1-9-3-4-11(10(2)7-9)13(14)12-5-6-15-8-16-12/h3-8,13H,14H2,1-2H3. The average Bonchev–Trinajstić information content (AvgIpc) is 2.29. The van der Waals surface area contributed by atoms with Crippen molar-refractivity contribution in [1.82, 2.24) is 9.97 Å². The van der Waals surface area contributed by atoms with E-state index in [0.29, 0.717) is 0 Å². The second-order valence-corrected chi connectivity index (χ2v) is 3.97. The minimum Gasteiger partial charge on any atom is -0.319 e. The lowest BCUT2D eigenvalue weighted by molar-refractivity contribution is 0.812. The Kier molecular flexibility index (Phi) is 2.97. The molecule has 1 unspecified atom stereocenters. The van der Waals surface area contributed by atoms with Crippen LogP contribution in [0.4, 0.5) is 0 Å². The molecule has 0 fully saturated rings. The van der Waals surface area contributed by atoms with E-state index >= 15 is 0 Å². The Morgan fingerprint density at radius 2 is 2.00 bits per heavy atom. The van der Waals surface area contributed by atoms with Crippen molar-refractivity contribution in [2.24, 2.45) is 5.73 Å². The summed E-state index contributed by atoms with van der Waals surface area (Å²) in [6.45, 7) is 4.15. The fourth-order valence-corrected chi connectivity index (χ4v) is 1.82. The molecule has 0 spiro atoms. The van der Waals surface area contributed by atoms with Gasteiger partial charge in [-0.05, 0) is 31.0 Å². The second kappa shape index (κ2) is 4.41. The lowest BCUT2D eigenvalue weighted by Crippen LogP contribution is -2.14. The van der Waals surface area contributed by atoms with Gasteiger partial charge in [-0.15, -0.1) is 0 Å². The zero-order chi connectivity index (χ0) is 11.5. The van der Waals surface area contributed by atoms with Crippen LogP contribution in [0.15, 0.2) is 36.8 Å². The van der Waals surface area contributed by atoms with Crippen LogP contribution in [-0.2, 0) is 0 Å². The summed E-state index contributed by atoms with van der Waals surface area (Å²) in [5.74, 6) is 0. The van der Waals surface area contributed by atoms with E-state index in [1.54, 1.807) is 6.20 Å². The lowest BCUT2D eigenvalue weighted by Gasteiger charge is -2.14. The van der Waals surface area contributed by atoms with Crippen molar-refractivity contribution in [2.75, 3.05) is 0 Å². The second-order valence-electron chi connectivity index (χ2n) is 3.97. The van der Waals surface area contributed by atoms with Gasteiger partial charge in [0.05, 0.1) is 11.7 Å². The Labute approximate surface area is 95.4 Å². The van der Waals surface area contributed by atoms with Crippen LogP contribution in [0, 0.1) is 13.8 Å². The summed E-state index contributed by atoms with van der Waals surface area (Å²) < 4.78 is 0. The van der Waals surface area contributed by atoms with E-state index in [2.05, 4.69) is 42.0 Å². The molecule has 1 heterocycles. The predicted molar refractivity (Wildman–Crippen MR) is 64.0 cm³/mol. The number of aromatic nitrogens is 2. The predicted octanol–water partition coefficient (Wildman–Crippen LogP) is 2.14. The normalized spacial score (nSPS) is 12.4. The molecule has 0 saturated heterocycles. The van der Waals surface area contributed by atoms with Gasteiger partial charge in [-0.3, -0.25) is 0 Å². The molecule has 3 heteroatoms. The first-order chi connectivity index (χ1) is 7.68. The molecular weight excluding hydrogens is 198 g/mol. The smallest absolute Gasteiger partial charge is 0.115 e. The lowest BCUT2D eigenvalue weighted by atomic mass is 9.98. The molecule has 0 radical (unpaired) electrons. The zero-order valence-corrected chi connectivity index (χ0v) is 9.51. The van der Waals surface area contributed by atoms with Crippen LogP contribution in [0.1, 0.15) is 28.4 Å². The molecule has 2 aromatic rings. The Morgan fingerprint density at radius 3 is 2.62 bits per heavy atom. The maximum atomic E-state index is 6.18. The summed E-state index contributed by atoms with van der Waals surface area (Å²) in [5.41, 5.74) is 10.6. The average molecular weight is 213 g/mol. The largest absolute Gasteiger partial charge is 0.319 e. The molecule has 0 bridgehead atoms. The van der Waals surface area contributed by atoms with Crippen molar-refractivity contribution in [3.05, 3.63) is 59.2 Å². The summed E-state index contributed by atoms with van der Waals surface area (Å²) in [6, 6.07) is 7.95. The minimum atomic E-state index is -0.177. The highest BCUT2D eigenvalue weighted by Gasteiger charge is 2.12. The Hall–Kier alpha value is -1.74. The first kappa shape index (κ1) is 10.8. The molecule has 2 N–H and O–H groups in total. The first-order valence-electron chi connectivity index (χ1n) is 5.27.